The van der Waals surface area contributed by atoms with E-state index in [9.17, 15) is 4.79 Å². The van der Waals surface area contributed by atoms with Crippen LogP contribution in [0.3, 0.4) is 0 Å². The third-order valence-electron chi connectivity index (χ3n) is 5.90. The Kier molecular flexibility index (Phi) is 4.97. The predicted molar refractivity (Wildman–Crippen MR) is 121 cm³/mol. The summed E-state index contributed by atoms with van der Waals surface area (Å²) in [5, 5.41) is 25.6. The fraction of sp³-hybridized carbons (Fsp3) is 0.250. The van der Waals surface area contributed by atoms with E-state index in [2.05, 4.69) is 38.9 Å². The highest BCUT2D eigenvalue weighted by atomic mass is 16.4. The normalized spacial score (nSPS) is 15.0. The van der Waals surface area contributed by atoms with Gasteiger partial charge >= 0.3 is 5.97 Å². The van der Waals surface area contributed by atoms with Crippen LogP contribution in [0.15, 0.2) is 54.9 Å². The zero-order valence-corrected chi connectivity index (χ0v) is 18.0. The Bertz CT molecular complexity index is 1290. The highest BCUT2D eigenvalue weighted by Crippen LogP contribution is 2.39. The van der Waals surface area contributed by atoms with E-state index in [0.29, 0.717) is 0 Å². The van der Waals surface area contributed by atoms with Gasteiger partial charge in [-0.05, 0) is 48.2 Å². The second kappa shape index (κ2) is 7.96. The van der Waals surface area contributed by atoms with Gasteiger partial charge in [-0.25, -0.2) is 4.68 Å². The van der Waals surface area contributed by atoms with E-state index in [1.54, 1.807) is 4.68 Å². The molecule has 2 aromatic heterocycles. The second-order valence-electron chi connectivity index (χ2n) is 8.20. The number of anilines is 1. The fourth-order valence-electron chi connectivity index (χ4n) is 4.36. The second-order valence-corrected chi connectivity index (χ2v) is 8.20. The summed E-state index contributed by atoms with van der Waals surface area (Å²) < 4.78 is 3.79. The molecule has 2 aromatic carbocycles. The van der Waals surface area contributed by atoms with Gasteiger partial charge in [0.05, 0.1) is 30.0 Å². The number of carboxylic acid groups (broad SMARTS) is 1. The number of hydrogen-bond acceptors (Lipinski definition) is 5. The van der Waals surface area contributed by atoms with Crippen molar-refractivity contribution in [3.05, 3.63) is 71.7 Å². The Morgan fingerprint density at radius 3 is 2.72 bits per heavy atom. The molecule has 0 spiro atoms. The Morgan fingerprint density at radius 2 is 2.00 bits per heavy atom. The molecule has 32 heavy (non-hydrogen) atoms. The molecule has 8 nitrogen and oxygen atoms in total. The summed E-state index contributed by atoms with van der Waals surface area (Å²) in [7, 11) is 1.92. The lowest BCUT2D eigenvalue weighted by atomic mass is 9.93. The maximum absolute atomic E-state index is 11.0. The summed E-state index contributed by atoms with van der Waals surface area (Å²) in [5.74, 6) is -0.829. The van der Waals surface area contributed by atoms with Crippen LogP contribution in [0.1, 0.15) is 29.3 Å². The average molecular weight is 428 g/mol. The number of fused-ring (bicyclic) bond motifs is 3. The fourth-order valence-corrected chi connectivity index (χ4v) is 4.36. The minimum absolute atomic E-state index is 0.0222. The summed E-state index contributed by atoms with van der Waals surface area (Å²) in [6.45, 7) is 2.74. The molecule has 162 valence electrons. The third kappa shape index (κ3) is 3.75. The van der Waals surface area contributed by atoms with Crippen molar-refractivity contribution in [1.29, 1.82) is 0 Å². The molecular formula is C24H24N6O2. The van der Waals surface area contributed by atoms with E-state index in [4.69, 9.17) is 5.11 Å². The van der Waals surface area contributed by atoms with Gasteiger partial charge in [0.1, 0.15) is 0 Å². The van der Waals surface area contributed by atoms with Crippen molar-refractivity contribution in [3.8, 4) is 22.4 Å². The van der Waals surface area contributed by atoms with Gasteiger partial charge in [-0.3, -0.25) is 9.48 Å². The highest BCUT2D eigenvalue weighted by molar-refractivity contribution is 5.74. The summed E-state index contributed by atoms with van der Waals surface area (Å²) in [4.78, 5) is 11.0. The van der Waals surface area contributed by atoms with Crippen molar-refractivity contribution in [2.75, 3.05) is 5.32 Å². The molecule has 0 aliphatic carbocycles. The first kappa shape index (κ1) is 20.0. The van der Waals surface area contributed by atoms with Gasteiger partial charge in [-0.15, -0.1) is 5.10 Å². The molecule has 0 radical (unpaired) electrons. The summed E-state index contributed by atoms with van der Waals surface area (Å²) in [5.41, 5.74) is 8.20. The first-order valence-electron chi connectivity index (χ1n) is 10.6. The Morgan fingerprint density at radius 1 is 1.19 bits per heavy atom. The number of carbonyl (C=O) groups is 1. The molecule has 0 saturated heterocycles. The van der Waals surface area contributed by atoms with Crippen molar-refractivity contribution in [2.24, 2.45) is 7.05 Å². The third-order valence-corrected chi connectivity index (χ3v) is 5.90. The van der Waals surface area contributed by atoms with Crippen molar-refractivity contribution < 1.29 is 9.90 Å². The van der Waals surface area contributed by atoms with Gasteiger partial charge in [-0.1, -0.05) is 29.5 Å². The number of rotatable bonds is 5. The molecule has 0 bridgehead atoms. The quantitative estimate of drug-likeness (QED) is 0.501. The molecule has 1 unspecified atom stereocenters. The van der Waals surface area contributed by atoms with E-state index in [1.807, 2.05) is 55.3 Å². The predicted octanol–water partition coefficient (Wildman–Crippen LogP) is 3.84. The first-order valence-corrected chi connectivity index (χ1v) is 10.6. The summed E-state index contributed by atoms with van der Waals surface area (Å²) in [6.07, 6.45) is 4.75. The molecule has 2 N–H and O–H groups in total. The smallest absolute Gasteiger partial charge is 0.307 e. The standard InChI is InChI=1S/C24H24N6O2/c1-15-24-20-8-5-17(18-13-25-29(2)14-18)12-21(20)22(9-10-30(24)28-27-15)26-19-6-3-16(4-7-19)11-23(31)32/h3-8,12-14,22,26H,9-11H2,1-2H3,(H,31,32). The van der Waals surface area contributed by atoms with Crippen LogP contribution in [-0.4, -0.2) is 35.9 Å². The Labute approximate surface area is 185 Å². The summed E-state index contributed by atoms with van der Waals surface area (Å²) in [6, 6.07) is 14.2. The van der Waals surface area contributed by atoms with E-state index in [-0.39, 0.29) is 12.5 Å². The molecule has 1 atom stereocenters. The molecule has 0 saturated carbocycles. The number of hydrogen-bond donors (Lipinski definition) is 2. The zero-order chi connectivity index (χ0) is 22.2. The Hall–Kier alpha value is -3.94. The van der Waals surface area contributed by atoms with Gasteiger partial charge in [0.25, 0.3) is 0 Å². The van der Waals surface area contributed by atoms with Crippen LogP contribution in [-0.2, 0) is 24.8 Å². The van der Waals surface area contributed by atoms with Crippen LogP contribution >= 0.6 is 0 Å². The molecule has 4 aromatic rings. The molecule has 0 fully saturated rings. The van der Waals surface area contributed by atoms with Gasteiger partial charge in [0.2, 0.25) is 0 Å². The van der Waals surface area contributed by atoms with Crippen molar-refractivity contribution in [3.63, 3.8) is 0 Å². The Balaban J connectivity index is 1.54. The first-order chi connectivity index (χ1) is 15.5. The monoisotopic (exact) mass is 428 g/mol. The minimum Gasteiger partial charge on any atom is -0.481 e. The molecular weight excluding hydrogens is 404 g/mol. The minimum atomic E-state index is -0.829. The maximum atomic E-state index is 11.0. The lowest BCUT2D eigenvalue weighted by Gasteiger charge is -2.21. The number of aromatic nitrogens is 5. The van der Waals surface area contributed by atoms with Crippen LogP contribution in [0, 0.1) is 6.92 Å². The van der Waals surface area contributed by atoms with Crippen LogP contribution in [0.5, 0.6) is 0 Å². The molecule has 1 aliphatic heterocycles. The van der Waals surface area contributed by atoms with E-state index >= 15 is 0 Å². The number of nitrogens with zero attached hydrogens (tertiary/aromatic N) is 5. The highest BCUT2D eigenvalue weighted by Gasteiger charge is 2.26. The number of carboxylic acids is 1. The van der Waals surface area contributed by atoms with E-state index in [1.165, 1.54) is 5.56 Å². The van der Waals surface area contributed by atoms with Crippen LogP contribution in [0.4, 0.5) is 5.69 Å². The maximum Gasteiger partial charge on any atom is 0.307 e. The van der Waals surface area contributed by atoms with Crippen molar-refractivity contribution >= 4 is 11.7 Å². The average Bonchev–Trinajstić information content (AvgIpc) is 3.33. The van der Waals surface area contributed by atoms with Crippen LogP contribution in [0.25, 0.3) is 22.4 Å². The van der Waals surface area contributed by atoms with Gasteiger partial charge in [0.15, 0.2) is 0 Å². The van der Waals surface area contributed by atoms with Gasteiger partial charge in [-0.2, -0.15) is 5.10 Å². The van der Waals surface area contributed by atoms with Crippen molar-refractivity contribution in [1.82, 2.24) is 24.8 Å². The molecule has 0 amide bonds. The number of aryl methyl sites for hydroxylation is 3. The molecule has 3 heterocycles. The largest absolute Gasteiger partial charge is 0.481 e. The van der Waals surface area contributed by atoms with Crippen LogP contribution < -0.4 is 5.32 Å². The lowest BCUT2D eigenvalue weighted by molar-refractivity contribution is -0.136. The topological polar surface area (TPSA) is 97.9 Å². The number of aliphatic carboxylic acids is 1. The SMILES string of the molecule is Cc1nnn2c1-c1ccc(-c3cnn(C)c3)cc1C(Nc1ccc(CC(=O)O)cc1)CC2. The number of nitrogens with one attached hydrogen (secondary N) is 1. The lowest BCUT2D eigenvalue weighted by Crippen LogP contribution is -2.13. The molecule has 5 rings (SSSR count). The van der Waals surface area contributed by atoms with E-state index in [0.717, 1.165) is 52.3 Å². The van der Waals surface area contributed by atoms with Gasteiger partial charge < -0.3 is 10.4 Å². The van der Waals surface area contributed by atoms with E-state index < -0.39 is 5.97 Å². The molecule has 8 heteroatoms. The summed E-state index contributed by atoms with van der Waals surface area (Å²) >= 11 is 0. The van der Waals surface area contributed by atoms with Gasteiger partial charge in [0, 0.05) is 36.6 Å². The number of benzene rings is 2. The van der Waals surface area contributed by atoms with Crippen LogP contribution in [0.2, 0.25) is 0 Å². The molecule has 1 aliphatic rings. The zero-order valence-electron chi connectivity index (χ0n) is 18.0. The van der Waals surface area contributed by atoms with Crippen molar-refractivity contribution in [2.45, 2.75) is 32.4 Å².